The number of nitriles is 1. The van der Waals surface area contributed by atoms with E-state index in [1.54, 1.807) is 0 Å². The number of halogens is 3. The summed E-state index contributed by atoms with van der Waals surface area (Å²) in [5, 5.41) is 15.1. The first kappa shape index (κ1) is 27.5. The van der Waals surface area contributed by atoms with Crippen molar-refractivity contribution in [3.63, 3.8) is 0 Å². The first-order valence-corrected chi connectivity index (χ1v) is 12.8. The summed E-state index contributed by atoms with van der Waals surface area (Å²) in [6, 6.07) is 5.13. The Balaban J connectivity index is 1.40. The Bertz CT molecular complexity index is 1070. The third-order valence-corrected chi connectivity index (χ3v) is 7.62. The van der Waals surface area contributed by atoms with E-state index < -0.39 is 42.6 Å². The van der Waals surface area contributed by atoms with Gasteiger partial charge in [0.2, 0.25) is 11.8 Å². The molecule has 3 atom stereocenters. The standard InChI is InChI=1S/C26H31F3N4O5/c27-26(28,29)38-20-6-4-19(5-7-20)37-15-22(34)33-16-25(9-2-1-3-10-25)13-21(33)24(36)32-18(14-30)12-17-8-11-31-23(17)35/h4-7,17-18,21H,1-3,8-13,15-16H2,(H,31,35)(H,32,36)/t17-,18-,21?/m0/s1. The lowest BCUT2D eigenvalue weighted by Crippen LogP contribution is -2.50. The van der Waals surface area contributed by atoms with E-state index in [9.17, 15) is 32.8 Å². The van der Waals surface area contributed by atoms with E-state index in [-0.39, 0.29) is 29.4 Å². The molecule has 1 aromatic rings. The topological polar surface area (TPSA) is 121 Å². The van der Waals surface area contributed by atoms with Crippen molar-refractivity contribution in [1.29, 1.82) is 5.26 Å². The Kier molecular flexibility index (Phi) is 8.33. The third kappa shape index (κ3) is 6.88. The van der Waals surface area contributed by atoms with Crippen LogP contribution in [-0.2, 0) is 14.4 Å². The summed E-state index contributed by atoms with van der Waals surface area (Å²) >= 11 is 0. The molecule has 1 aliphatic carbocycles. The first-order chi connectivity index (χ1) is 18.1. The molecule has 2 N–H and O–H groups in total. The van der Waals surface area contributed by atoms with Crippen LogP contribution in [0, 0.1) is 22.7 Å². The number of hydrogen-bond acceptors (Lipinski definition) is 6. The lowest BCUT2D eigenvalue weighted by atomic mass is 9.72. The van der Waals surface area contributed by atoms with Gasteiger partial charge in [0.1, 0.15) is 23.6 Å². The monoisotopic (exact) mass is 536 g/mol. The summed E-state index contributed by atoms with van der Waals surface area (Å²) in [6.07, 6.45) is 1.39. The van der Waals surface area contributed by atoms with Gasteiger partial charge >= 0.3 is 6.36 Å². The van der Waals surface area contributed by atoms with Crippen LogP contribution in [0.3, 0.4) is 0 Å². The predicted molar refractivity (Wildman–Crippen MR) is 128 cm³/mol. The highest BCUT2D eigenvalue weighted by molar-refractivity contribution is 5.89. The number of benzene rings is 1. The van der Waals surface area contributed by atoms with Crippen molar-refractivity contribution in [2.45, 2.75) is 69.8 Å². The van der Waals surface area contributed by atoms with Crippen LogP contribution in [0.25, 0.3) is 0 Å². The van der Waals surface area contributed by atoms with Gasteiger partial charge in [-0.15, -0.1) is 13.2 Å². The molecule has 3 aliphatic rings. The van der Waals surface area contributed by atoms with E-state index in [1.807, 2.05) is 0 Å². The normalized spacial score (nSPS) is 23.4. The summed E-state index contributed by atoms with van der Waals surface area (Å²) in [4.78, 5) is 40.0. The van der Waals surface area contributed by atoms with Crippen LogP contribution >= 0.6 is 0 Å². The Hall–Kier alpha value is -3.49. The highest BCUT2D eigenvalue weighted by Gasteiger charge is 2.49. The Labute approximate surface area is 218 Å². The van der Waals surface area contributed by atoms with Crippen LogP contribution in [0.1, 0.15) is 51.4 Å². The van der Waals surface area contributed by atoms with Gasteiger partial charge < -0.3 is 25.0 Å². The minimum atomic E-state index is -4.81. The number of carbonyl (C=O) groups is 3. The van der Waals surface area contributed by atoms with Crippen LogP contribution in [0.4, 0.5) is 13.2 Å². The number of nitrogens with one attached hydrogen (secondary N) is 2. The largest absolute Gasteiger partial charge is 0.573 e. The van der Waals surface area contributed by atoms with E-state index in [0.717, 1.165) is 44.2 Å². The molecule has 9 nitrogen and oxygen atoms in total. The molecule has 38 heavy (non-hydrogen) atoms. The number of carbonyl (C=O) groups excluding carboxylic acids is 3. The second kappa shape index (κ2) is 11.5. The first-order valence-electron chi connectivity index (χ1n) is 12.8. The lowest BCUT2D eigenvalue weighted by Gasteiger charge is -2.33. The molecule has 1 saturated carbocycles. The maximum absolute atomic E-state index is 13.3. The molecule has 3 fully saturated rings. The quantitative estimate of drug-likeness (QED) is 0.527. The summed E-state index contributed by atoms with van der Waals surface area (Å²) in [5.74, 6) is -1.55. The molecule has 1 unspecified atom stereocenters. The minimum absolute atomic E-state index is 0.131. The van der Waals surface area contributed by atoms with Crippen molar-refractivity contribution in [3.05, 3.63) is 24.3 Å². The van der Waals surface area contributed by atoms with Gasteiger partial charge in [0.25, 0.3) is 5.91 Å². The van der Waals surface area contributed by atoms with E-state index >= 15 is 0 Å². The number of likely N-dealkylation sites (tertiary alicyclic amines) is 1. The predicted octanol–water partition coefficient (Wildman–Crippen LogP) is 3.05. The molecule has 2 heterocycles. The van der Waals surface area contributed by atoms with Crippen molar-refractivity contribution in [3.8, 4) is 17.6 Å². The maximum Gasteiger partial charge on any atom is 0.573 e. The molecule has 3 amide bonds. The molecule has 0 radical (unpaired) electrons. The number of hydrogen-bond donors (Lipinski definition) is 2. The second-order valence-corrected chi connectivity index (χ2v) is 10.3. The Morgan fingerprint density at radius 1 is 1.18 bits per heavy atom. The Morgan fingerprint density at radius 2 is 1.87 bits per heavy atom. The molecular weight excluding hydrogens is 505 g/mol. The molecule has 0 bridgehead atoms. The number of rotatable bonds is 8. The van der Waals surface area contributed by atoms with Crippen molar-refractivity contribution in [1.82, 2.24) is 15.5 Å². The summed E-state index contributed by atoms with van der Waals surface area (Å²) < 4.78 is 46.5. The van der Waals surface area contributed by atoms with Crippen LogP contribution in [0.2, 0.25) is 0 Å². The van der Waals surface area contributed by atoms with Gasteiger partial charge in [0.15, 0.2) is 6.61 Å². The van der Waals surface area contributed by atoms with Gasteiger partial charge in [-0.3, -0.25) is 14.4 Å². The van der Waals surface area contributed by atoms with E-state index in [4.69, 9.17) is 4.74 Å². The third-order valence-electron chi connectivity index (χ3n) is 7.62. The number of amides is 3. The van der Waals surface area contributed by atoms with E-state index in [2.05, 4.69) is 21.4 Å². The molecule has 2 aliphatic heterocycles. The van der Waals surface area contributed by atoms with E-state index in [0.29, 0.717) is 25.9 Å². The van der Waals surface area contributed by atoms with Gasteiger partial charge in [0.05, 0.1) is 6.07 Å². The highest BCUT2D eigenvalue weighted by Crippen LogP contribution is 2.46. The van der Waals surface area contributed by atoms with Crippen molar-refractivity contribution in [2.75, 3.05) is 19.7 Å². The van der Waals surface area contributed by atoms with Crippen LogP contribution < -0.4 is 20.1 Å². The van der Waals surface area contributed by atoms with Gasteiger partial charge in [-0.1, -0.05) is 19.3 Å². The SMILES string of the molecule is N#C[C@H](C[C@@H]1CCNC1=O)NC(=O)C1CC2(CCCCC2)CN1C(=O)COc1ccc(OC(F)(F)F)cc1. The Morgan fingerprint density at radius 3 is 2.47 bits per heavy atom. The average molecular weight is 537 g/mol. The van der Waals surface area contributed by atoms with Crippen molar-refractivity contribution in [2.24, 2.45) is 11.3 Å². The van der Waals surface area contributed by atoms with E-state index in [1.165, 1.54) is 17.0 Å². The molecule has 206 valence electrons. The molecule has 1 spiro atoms. The fourth-order valence-electron chi connectivity index (χ4n) is 5.75. The summed E-state index contributed by atoms with van der Waals surface area (Å²) in [6.45, 7) is 0.540. The van der Waals surface area contributed by atoms with Gasteiger partial charge in [0, 0.05) is 19.0 Å². The maximum atomic E-state index is 13.3. The molecule has 12 heteroatoms. The van der Waals surface area contributed by atoms with Gasteiger partial charge in [-0.2, -0.15) is 5.26 Å². The van der Waals surface area contributed by atoms with Gasteiger partial charge in [-0.25, -0.2) is 0 Å². The highest BCUT2D eigenvalue weighted by atomic mass is 19.4. The lowest BCUT2D eigenvalue weighted by molar-refractivity contribution is -0.274. The fraction of sp³-hybridized carbons (Fsp3) is 0.615. The molecule has 1 aromatic carbocycles. The van der Waals surface area contributed by atoms with Crippen LogP contribution in [-0.4, -0.2) is 60.8 Å². The summed E-state index contributed by atoms with van der Waals surface area (Å²) in [5.41, 5.74) is -0.181. The number of ether oxygens (including phenoxy) is 2. The molecular formula is C26H31F3N4O5. The zero-order valence-corrected chi connectivity index (χ0v) is 20.9. The number of alkyl halides is 3. The average Bonchev–Trinajstić information content (AvgIpc) is 3.45. The van der Waals surface area contributed by atoms with Crippen LogP contribution in [0.15, 0.2) is 24.3 Å². The zero-order chi connectivity index (χ0) is 27.3. The zero-order valence-electron chi connectivity index (χ0n) is 20.9. The minimum Gasteiger partial charge on any atom is -0.484 e. The second-order valence-electron chi connectivity index (χ2n) is 10.3. The summed E-state index contributed by atoms with van der Waals surface area (Å²) in [7, 11) is 0. The number of nitrogens with zero attached hydrogens (tertiary/aromatic N) is 2. The van der Waals surface area contributed by atoms with Crippen molar-refractivity contribution >= 4 is 17.7 Å². The molecule has 4 rings (SSSR count). The smallest absolute Gasteiger partial charge is 0.484 e. The fourth-order valence-corrected chi connectivity index (χ4v) is 5.75. The molecule has 2 saturated heterocycles. The van der Waals surface area contributed by atoms with Crippen molar-refractivity contribution < 1.29 is 37.0 Å². The molecule has 0 aromatic heterocycles. The van der Waals surface area contributed by atoms with Crippen LogP contribution in [0.5, 0.6) is 11.5 Å². The van der Waals surface area contributed by atoms with Gasteiger partial charge in [-0.05, 0) is 61.8 Å².